The topological polar surface area (TPSA) is 70.2 Å². The number of rotatable bonds is 3. The molecular formula is C23H27ClN4O2. The van der Waals surface area contributed by atoms with Gasteiger partial charge in [-0.05, 0) is 68.6 Å². The molecule has 1 amide bonds. The molecule has 158 valence electrons. The minimum absolute atomic E-state index is 0. The molecule has 2 aliphatic rings. The number of amides is 1. The first-order valence-electron chi connectivity index (χ1n) is 10.4. The van der Waals surface area contributed by atoms with E-state index in [2.05, 4.69) is 22.2 Å². The molecule has 1 saturated heterocycles. The third kappa shape index (κ3) is 4.02. The maximum atomic E-state index is 12.9. The lowest BCUT2D eigenvalue weighted by molar-refractivity contribution is 0.0884. The maximum Gasteiger partial charge on any atom is 0.251 e. The van der Waals surface area contributed by atoms with E-state index in [4.69, 9.17) is 9.72 Å². The van der Waals surface area contributed by atoms with E-state index >= 15 is 0 Å². The minimum Gasteiger partial charge on any atom is -0.493 e. The van der Waals surface area contributed by atoms with Gasteiger partial charge in [0.25, 0.3) is 5.91 Å². The number of halogens is 1. The standard InChI is InChI=1S/C23H26N4O2.ClH/c1-27-11-10-17(14-20(27)22-25-18-6-2-3-7-19(18)26-22)24-23(28)16-8-9-21-15(13-16)5-4-12-29-21;/h2-3,6-9,13,17,20H,4-5,10-12,14H2,1H3,(H,24,28)(H,25,26);1H/t17-,20-;/m1./s1. The molecule has 0 saturated carbocycles. The van der Waals surface area contributed by atoms with Gasteiger partial charge in [-0.2, -0.15) is 0 Å². The Morgan fingerprint density at radius 2 is 2.13 bits per heavy atom. The molecule has 2 aromatic carbocycles. The number of likely N-dealkylation sites (tertiary alicyclic amines) is 1. The first-order chi connectivity index (χ1) is 14.2. The minimum atomic E-state index is -0.00344. The fourth-order valence-corrected chi connectivity index (χ4v) is 4.43. The van der Waals surface area contributed by atoms with Crippen molar-refractivity contribution >= 4 is 29.3 Å². The summed E-state index contributed by atoms with van der Waals surface area (Å²) in [5.74, 6) is 1.88. The average molecular weight is 427 g/mol. The third-order valence-electron chi connectivity index (χ3n) is 6.10. The van der Waals surface area contributed by atoms with Crippen LogP contribution in [0.4, 0.5) is 0 Å². The van der Waals surface area contributed by atoms with Gasteiger partial charge < -0.3 is 15.0 Å². The number of para-hydroxylation sites is 2. The molecule has 6 nitrogen and oxygen atoms in total. The number of fused-ring (bicyclic) bond motifs is 2. The van der Waals surface area contributed by atoms with E-state index in [0.717, 1.165) is 67.0 Å². The van der Waals surface area contributed by atoms with Crippen LogP contribution in [0.5, 0.6) is 5.75 Å². The number of nitrogens with zero attached hydrogens (tertiary/aromatic N) is 2. The zero-order chi connectivity index (χ0) is 19.8. The van der Waals surface area contributed by atoms with E-state index < -0.39 is 0 Å². The molecular weight excluding hydrogens is 400 g/mol. The van der Waals surface area contributed by atoms with Crippen molar-refractivity contribution in [3.05, 3.63) is 59.4 Å². The second-order valence-electron chi connectivity index (χ2n) is 8.10. The maximum absolute atomic E-state index is 12.9. The van der Waals surface area contributed by atoms with Crippen LogP contribution in [0, 0.1) is 0 Å². The van der Waals surface area contributed by atoms with E-state index in [1.165, 1.54) is 0 Å². The van der Waals surface area contributed by atoms with E-state index in [1.54, 1.807) is 0 Å². The quantitative estimate of drug-likeness (QED) is 0.666. The van der Waals surface area contributed by atoms with Crippen LogP contribution in [-0.4, -0.2) is 47.0 Å². The second-order valence-corrected chi connectivity index (χ2v) is 8.10. The zero-order valence-corrected chi connectivity index (χ0v) is 17.9. The molecule has 0 bridgehead atoms. The van der Waals surface area contributed by atoms with Gasteiger partial charge >= 0.3 is 0 Å². The third-order valence-corrected chi connectivity index (χ3v) is 6.10. The molecule has 3 heterocycles. The zero-order valence-electron chi connectivity index (χ0n) is 17.1. The fourth-order valence-electron chi connectivity index (χ4n) is 4.43. The summed E-state index contributed by atoms with van der Waals surface area (Å²) in [6, 6.07) is 14.2. The van der Waals surface area contributed by atoms with Gasteiger partial charge in [0.15, 0.2) is 0 Å². The smallest absolute Gasteiger partial charge is 0.251 e. The van der Waals surface area contributed by atoms with Gasteiger partial charge in [-0.1, -0.05) is 12.1 Å². The molecule has 2 aliphatic heterocycles. The van der Waals surface area contributed by atoms with Crippen molar-refractivity contribution in [3.8, 4) is 5.75 Å². The summed E-state index contributed by atoms with van der Waals surface area (Å²) in [6.45, 7) is 1.68. The Morgan fingerprint density at radius 3 is 3.00 bits per heavy atom. The Morgan fingerprint density at radius 1 is 1.27 bits per heavy atom. The molecule has 7 heteroatoms. The molecule has 1 fully saturated rings. The number of benzene rings is 2. The van der Waals surface area contributed by atoms with Gasteiger partial charge in [-0.25, -0.2) is 4.98 Å². The van der Waals surface area contributed by atoms with Crippen molar-refractivity contribution in [2.45, 2.75) is 37.8 Å². The van der Waals surface area contributed by atoms with Crippen LogP contribution < -0.4 is 10.1 Å². The van der Waals surface area contributed by atoms with Crippen molar-refractivity contribution < 1.29 is 9.53 Å². The number of ether oxygens (including phenoxy) is 1. The number of nitrogens with one attached hydrogen (secondary N) is 2. The molecule has 30 heavy (non-hydrogen) atoms. The first-order valence-corrected chi connectivity index (χ1v) is 10.4. The van der Waals surface area contributed by atoms with Gasteiger partial charge in [0.2, 0.25) is 0 Å². The Hall–Kier alpha value is -2.57. The van der Waals surface area contributed by atoms with Crippen LogP contribution >= 0.6 is 12.4 Å². The monoisotopic (exact) mass is 426 g/mol. The predicted octanol–water partition coefficient (Wildman–Crippen LogP) is 3.88. The number of carbonyl (C=O) groups is 1. The molecule has 2 N–H and O–H groups in total. The molecule has 3 aromatic rings. The molecule has 0 radical (unpaired) electrons. The number of hydrogen-bond acceptors (Lipinski definition) is 4. The molecule has 2 atom stereocenters. The number of aryl methyl sites for hydroxylation is 1. The highest BCUT2D eigenvalue weighted by Gasteiger charge is 2.30. The molecule has 5 rings (SSSR count). The van der Waals surface area contributed by atoms with E-state index in [0.29, 0.717) is 5.56 Å². The van der Waals surface area contributed by atoms with Crippen LogP contribution in [0.25, 0.3) is 11.0 Å². The number of carbonyl (C=O) groups excluding carboxylic acids is 1. The number of piperidine rings is 1. The van der Waals surface area contributed by atoms with Crippen LogP contribution in [0.2, 0.25) is 0 Å². The largest absolute Gasteiger partial charge is 0.493 e. The summed E-state index contributed by atoms with van der Waals surface area (Å²) < 4.78 is 5.66. The average Bonchev–Trinajstić information content (AvgIpc) is 3.18. The van der Waals surface area contributed by atoms with Gasteiger partial charge in [0.05, 0.1) is 23.7 Å². The summed E-state index contributed by atoms with van der Waals surface area (Å²) in [7, 11) is 2.12. The Balaban J connectivity index is 0.00000218. The van der Waals surface area contributed by atoms with Crippen LogP contribution in [0.3, 0.4) is 0 Å². The fraction of sp³-hybridized carbons (Fsp3) is 0.391. The highest BCUT2D eigenvalue weighted by atomic mass is 35.5. The lowest BCUT2D eigenvalue weighted by Crippen LogP contribution is -2.45. The van der Waals surface area contributed by atoms with Crippen LogP contribution in [0.15, 0.2) is 42.5 Å². The molecule has 0 unspecified atom stereocenters. The normalized spacial score (nSPS) is 21.4. The van der Waals surface area contributed by atoms with E-state index in [-0.39, 0.29) is 30.4 Å². The first kappa shape index (κ1) is 20.7. The van der Waals surface area contributed by atoms with Crippen molar-refractivity contribution in [2.24, 2.45) is 0 Å². The Bertz CT molecular complexity index is 1020. The Kier molecular flexibility index (Phi) is 5.97. The number of aromatic amines is 1. The molecule has 0 aliphatic carbocycles. The summed E-state index contributed by atoms with van der Waals surface area (Å²) in [6.07, 6.45) is 3.76. The van der Waals surface area contributed by atoms with Gasteiger partial charge in [0, 0.05) is 18.2 Å². The van der Waals surface area contributed by atoms with Gasteiger partial charge in [-0.15, -0.1) is 12.4 Å². The highest BCUT2D eigenvalue weighted by Crippen LogP contribution is 2.30. The van der Waals surface area contributed by atoms with Crippen molar-refractivity contribution in [2.75, 3.05) is 20.2 Å². The summed E-state index contributed by atoms with van der Waals surface area (Å²) in [5.41, 5.74) is 3.89. The Labute approximate surface area is 182 Å². The van der Waals surface area contributed by atoms with Crippen LogP contribution in [-0.2, 0) is 6.42 Å². The molecule has 1 aromatic heterocycles. The number of aromatic nitrogens is 2. The second kappa shape index (κ2) is 8.66. The van der Waals surface area contributed by atoms with E-state index in [1.807, 2.05) is 42.5 Å². The summed E-state index contributed by atoms with van der Waals surface area (Å²) in [4.78, 5) is 23.4. The molecule has 0 spiro atoms. The number of hydrogen-bond donors (Lipinski definition) is 2. The summed E-state index contributed by atoms with van der Waals surface area (Å²) in [5, 5.41) is 3.25. The highest BCUT2D eigenvalue weighted by molar-refractivity contribution is 5.94. The van der Waals surface area contributed by atoms with Gasteiger partial charge in [0.1, 0.15) is 11.6 Å². The predicted molar refractivity (Wildman–Crippen MR) is 119 cm³/mol. The van der Waals surface area contributed by atoms with Gasteiger partial charge in [-0.3, -0.25) is 9.69 Å². The van der Waals surface area contributed by atoms with Crippen LogP contribution in [0.1, 0.15) is 47.1 Å². The number of imidazole rings is 1. The van der Waals surface area contributed by atoms with E-state index in [9.17, 15) is 4.79 Å². The van der Waals surface area contributed by atoms with Crippen molar-refractivity contribution in [1.82, 2.24) is 20.2 Å². The summed E-state index contributed by atoms with van der Waals surface area (Å²) >= 11 is 0. The number of H-pyrrole nitrogens is 1. The van der Waals surface area contributed by atoms with Crippen molar-refractivity contribution in [3.63, 3.8) is 0 Å². The lowest BCUT2D eigenvalue weighted by Gasteiger charge is -2.36. The lowest BCUT2D eigenvalue weighted by atomic mass is 9.96. The SMILES string of the molecule is CN1CC[C@@H](NC(=O)c2ccc3c(c2)CCCO3)C[C@@H]1c1nc2ccccc2[nH]1.Cl. The van der Waals surface area contributed by atoms with Crippen molar-refractivity contribution in [1.29, 1.82) is 0 Å².